The van der Waals surface area contributed by atoms with Crippen molar-refractivity contribution in [2.24, 2.45) is 0 Å². The molecule has 96 valence electrons. The molecule has 4 nitrogen and oxygen atoms in total. The minimum Gasteiger partial charge on any atom is -0.369 e. The van der Waals surface area contributed by atoms with Gasteiger partial charge in [-0.05, 0) is 20.1 Å². The van der Waals surface area contributed by atoms with Crippen LogP contribution >= 0.6 is 11.8 Å². The fourth-order valence-electron chi connectivity index (χ4n) is 1.96. The lowest BCUT2D eigenvalue weighted by Crippen LogP contribution is -2.35. The van der Waals surface area contributed by atoms with E-state index in [0.29, 0.717) is 0 Å². The van der Waals surface area contributed by atoms with Gasteiger partial charge in [-0.15, -0.1) is 0 Å². The van der Waals surface area contributed by atoms with Gasteiger partial charge in [0.1, 0.15) is 6.10 Å². The topological polar surface area (TPSA) is 39.1 Å². The Labute approximate surface area is 107 Å². The molecule has 17 heavy (non-hydrogen) atoms. The summed E-state index contributed by atoms with van der Waals surface area (Å²) in [6.07, 6.45) is 6.12. The Hall–Kier alpha value is -0.520. The first kappa shape index (κ1) is 12.9. The van der Waals surface area contributed by atoms with E-state index in [1.54, 1.807) is 0 Å². The van der Waals surface area contributed by atoms with Gasteiger partial charge in [-0.25, -0.2) is 4.98 Å². The lowest BCUT2D eigenvalue weighted by atomic mass is 10.2. The quantitative estimate of drug-likeness (QED) is 0.888. The summed E-state index contributed by atoms with van der Waals surface area (Å²) in [7, 11) is 0. The van der Waals surface area contributed by atoms with Crippen molar-refractivity contribution < 1.29 is 4.74 Å². The molecule has 2 heterocycles. The van der Waals surface area contributed by atoms with Crippen LogP contribution in [0.1, 0.15) is 25.6 Å². The molecular weight excluding hydrogens is 234 g/mol. The molecule has 1 aromatic rings. The van der Waals surface area contributed by atoms with Gasteiger partial charge in [0.2, 0.25) is 0 Å². The highest BCUT2D eigenvalue weighted by molar-refractivity contribution is 7.99. The lowest BCUT2D eigenvalue weighted by Gasteiger charge is -2.28. The van der Waals surface area contributed by atoms with E-state index in [0.717, 1.165) is 26.2 Å². The molecule has 1 atom stereocenters. The summed E-state index contributed by atoms with van der Waals surface area (Å²) in [5, 5.41) is 3.36. The van der Waals surface area contributed by atoms with Crippen molar-refractivity contribution in [3.05, 3.63) is 18.2 Å². The molecule has 0 spiro atoms. The third-order valence-electron chi connectivity index (χ3n) is 3.11. The fourth-order valence-corrected chi connectivity index (χ4v) is 2.23. The summed E-state index contributed by atoms with van der Waals surface area (Å²) in [5.41, 5.74) is 1.18. The molecule has 1 aliphatic rings. The van der Waals surface area contributed by atoms with Gasteiger partial charge in [-0.2, -0.15) is 11.8 Å². The van der Waals surface area contributed by atoms with Crippen molar-refractivity contribution in [3.63, 3.8) is 0 Å². The second kappa shape index (κ2) is 5.42. The average Bonchev–Trinajstić information content (AvgIpc) is 2.77. The van der Waals surface area contributed by atoms with Crippen LogP contribution in [0, 0.1) is 0 Å². The van der Waals surface area contributed by atoms with Crippen LogP contribution in [-0.2, 0) is 11.3 Å². The van der Waals surface area contributed by atoms with E-state index >= 15 is 0 Å². The zero-order valence-corrected chi connectivity index (χ0v) is 11.6. The molecule has 1 saturated heterocycles. The monoisotopic (exact) mass is 255 g/mol. The van der Waals surface area contributed by atoms with Crippen LogP contribution in [-0.4, -0.2) is 40.3 Å². The molecule has 1 N–H and O–H groups in total. The summed E-state index contributed by atoms with van der Waals surface area (Å²) >= 11 is 1.88. The first-order valence-electron chi connectivity index (χ1n) is 6.00. The van der Waals surface area contributed by atoms with E-state index < -0.39 is 0 Å². The molecule has 2 rings (SSSR count). The number of morpholine rings is 1. The Balaban J connectivity index is 2.10. The van der Waals surface area contributed by atoms with Gasteiger partial charge in [0.05, 0.1) is 24.8 Å². The van der Waals surface area contributed by atoms with Gasteiger partial charge in [-0.1, -0.05) is 0 Å². The van der Waals surface area contributed by atoms with Crippen molar-refractivity contribution >= 4 is 11.8 Å². The number of aromatic nitrogens is 2. The maximum atomic E-state index is 5.78. The Bertz CT molecular complexity index is 358. The summed E-state index contributed by atoms with van der Waals surface area (Å²) < 4.78 is 8.22. The van der Waals surface area contributed by atoms with Crippen molar-refractivity contribution in [3.8, 4) is 0 Å². The second-order valence-corrected chi connectivity index (χ2v) is 6.49. The second-order valence-electron chi connectivity index (χ2n) is 4.97. The zero-order valence-electron chi connectivity index (χ0n) is 10.8. The van der Waals surface area contributed by atoms with Crippen LogP contribution in [0.25, 0.3) is 0 Å². The van der Waals surface area contributed by atoms with E-state index in [1.807, 2.05) is 24.3 Å². The molecular formula is C12H21N3OS. The molecule has 1 aromatic heterocycles. The summed E-state index contributed by atoms with van der Waals surface area (Å²) in [5.74, 6) is 0. The van der Waals surface area contributed by atoms with Crippen LogP contribution in [0.3, 0.4) is 0 Å². The van der Waals surface area contributed by atoms with Crippen molar-refractivity contribution in [1.82, 2.24) is 14.9 Å². The number of ether oxygens (including phenoxy) is 1. The van der Waals surface area contributed by atoms with E-state index in [1.165, 1.54) is 5.69 Å². The lowest BCUT2D eigenvalue weighted by molar-refractivity contribution is 0.0226. The van der Waals surface area contributed by atoms with E-state index in [2.05, 4.69) is 35.0 Å². The number of nitrogens with zero attached hydrogens (tertiary/aromatic N) is 2. The van der Waals surface area contributed by atoms with E-state index in [-0.39, 0.29) is 10.9 Å². The smallest absolute Gasteiger partial charge is 0.111 e. The van der Waals surface area contributed by atoms with Crippen LogP contribution in [0.5, 0.6) is 0 Å². The maximum Gasteiger partial charge on any atom is 0.111 e. The zero-order chi connectivity index (χ0) is 12.3. The van der Waals surface area contributed by atoms with Crippen molar-refractivity contribution in [2.45, 2.75) is 31.2 Å². The van der Waals surface area contributed by atoms with Crippen molar-refractivity contribution in [1.29, 1.82) is 0 Å². The molecule has 1 unspecified atom stereocenters. The molecule has 0 aromatic carbocycles. The number of imidazole rings is 1. The largest absolute Gasteiger partial charge is 0.369 e. The van der Waals surface area contributed by atoms with E-state index in [9.17, 15) is 0 Å². The molecule has 0 radical (unpaired) electrons. The third kappa shape index (κ3) is 3.24. The number of thioether (sulfide) groups is 1. The minimum atomic E-state index is 0.143. The number of nitrogens with one attached hydrogen (secondary N) is 1. The highest BCUT2D eigenvalue weighted by atomic mass is 32.2. The van der Waals surface area contributed by atoms with Crippen LogP contribution in [0.2, 0.25) is 0 Å². The van der Waals surface area contributed by atoms with Crippen LogP contribution in [0.4, 0.5) is 0 Å². The molecule has 0 bridgehead atoms. The van der Waals surface area contributed by atoms with Crippen molar-refractivity contribution in [2.75, 3.05) is 26.0 Å². The molecule has 0 aliphatic carbocycles. The van der Waals surface area contributed by atoms with Gasteiger partial charge in [0.25, 0.3) is 0 Å². The first-order valence-corrected chi connectivity index (χ1v) is 7.22. The molecule has 1 aliphatic heterocycles. The van der Waals surface area contributed by atoms with Gasteiger partial charge in [0.15, 0.2) is 0 Å². The standard InChI is InChI=1S/C12H21N3OS/c1-12(2,17-3)8-15-9-14-6-10(15)11-7-13-4-5-16-11/h6,9,11,13H,4-5,7-8H2,1-3H3. The molecule has 0 saturated carbocycles. The SMILES string of the molecule is CSC(C)(C)Cn1cncc1C1CNCCO1. The first-order chi connectivity index (χ1) is 8.12. The van der Waals surface area contributed by atoms with Crippen LogP contribution in [0.15, 0.2) is 12.5 Å². The van der Waals surface area contributed by atoms with Gasteiger partial charge in [0, 0.05) is 24.4 Å². The molecule has 1 fully saturated rings. The molecule has 5 heteroatoms. The predicted molar refractivity (Wildman–Crippen MR) is 71.4 cm³/mol. The molecule has 0 amide bonds. The number of hydrogen-bond donors (Lipinski definition) is 1. The predicted octanol–water partition coefficient (Wildman–Crippen LogP) is 1.69. The van der Waals surface area contributed by atoms with Gasteiger partial charge in [-0.3, -0.25) is 0 Å². The minimum absolute atomic E-state index is 0.143. The van der Waals surface area contributed by atoms with Crippen LogP contribution < -0.4 is 5.32 Å². The fraction of sp³-hybridized carbons (Fsp3) is 0.750. The summed E-state index contributed by atoms with van der Waals surface area (Å²) in [6.45, 7) is 8.07. The van der Waals surface area contributed by atoms with Gasteiger partial charge < -0.3 is 14.6 Å². The Morgan fingerprint density at radius 2 is 2.47 bits per heavy atom. The maximum absolute atomic E-state index is 5.78. The Morgan fingerprint density at radius 1 is 1.65 bits per heavy atom. The summed E-state index contributed by atoms with van der Waals surface area (Å²) in [6, 6.07) is 0. The highest BCUT2D eigenvalue weighted by Gasteiger charge is 2.23. The highest BCUT2D eigenvalue weighted by Crippen LogP contribution is 2.26. The number of rotatable bonds is 4. The Morgan fingerprint density at radius 3 is 3.12 bits per heavy atom. The number of hydrogen-bond acceptors (Lipinski definition) is 4. The average molecular weight is 255 g/mol. The third-order valence-corrected chi connectivity index (χ3v) is 4.34. The summed E-state index contributed by atoms with van der Waals surface area (Å²) in [4.78, 5) is 4.26. The Kier molecular flexibility index (Phi) is 4.12. The van der Waals surface area contributed by atoms with E-state index in [4.69, 9.17) is 4.74 Å². The normalized spacial score (nSPS) is 21.7. The van der Waals surface area contributed by atoms with Gasteiger partial charge >= 0.3 is 0 Å².